The third-order valence-corrected chi connectivity index (χ3v) is 3.07. The van der Waals surface area contributed by atoms with Crippen LogP contribution in [0, 0.1) is 12.0 Å². The molecule has 0 heterocycles. The Morgan fingerprint density at radius 2 is 2.14 bits per heavy atom. The van der Waals surface area contributed by atoms with Crippen molar-refractivity contribution in [2.24, 2.45) is 5.92 Å². The summed E-state index contributed by atoms with van der Waals surface area (Å²) in [6.45, 7) is 6.64. The molecule has 2 aliphatic rings. The van der Waals surface area contributed by atoms with E-state index < -0.39 is 0 Å². The molecule has 1 heteroatoms. The van der Waals surface area contributed by atoms with Crippen molar-refractivity contribution in [3.05, 3.63) is 46.6 Å². The van der Waals surface area contributed by atoms with Crippen LogP contribution in [0.25, 0.3) is 0 Å². The van der Waals surface area contributed by atoms with Gasteiger partial charge >= 0.3 is 26.2 Å². The molecule has 0 aromatic carbocycles. The van der Waals surface area contributed by atoms with Gasteiger partial charge < -0.3 is 2.85 Å². The summed E-state index contributed by atoms with van der Waals surface area (Å²) in [7, 11) is 0. The van der Waals surface area contributed by atoms with Crippen molar-refractivity contribution in [2.45, 2.75) is 27.2 Å². The van der Waals surface area contributed by atoms with Gasteiger partial charge in [0.1, 0.15) is 0 Å². The minimum absolute atomic E-state index is 0. The second-order valence-electron chi connectivity index (χ2n) is 3.87. The summed E-state index contributed by atoms with van der Waals surface area (Å²) in [5.74, 6) is 0.511. The van der Waals surface area contributed by atoms with Crippen LogP contribution in [0.5, 0.6) is 0 Å². The van der Waals surface area contributed by atoms with Crippen LogP contribution in [0.15, 0.2) is 40.5 Å². The van der Waals surface area contributed by atoms with Gasteiger partial charge in [0, 0.05) is 0 Å². The maximum atomic E-state index is 3.53. The molecule has 2 aliphatic carbocycles. The Kier molecular flexibility index (Phi) is 3.89. The van der Waals surface area contributed by atoms with E-state index in [4.69, 9.17) is 0 Å². The number of hydrogen-bond acceptors (Lipinski definition) is 0. The summed E-state index contributed by atoms with van der Waals surface area (Å²) < 4.78 is 0. The van der Waals surface area contributed by atoms with Crippen molar-refractivity contribution in [2.75, 3.05) is 0 Å². The fourth-order valence-corrected chi connectivity index (χ4v) is 1.92. The second kappa shape index (κ2) is 4.57. The summed E-state index contributed by atoms with van der Waals surface area (Å²) in [6, 6.07) is 0. The maximum absolute atomic E-state index is 3.53. The minimum atomic E-state index is 0. The van der Waals surface area contributed by atoms with E-state index in [1.807, 2.05) is 0 Å². The topological polar surface area (TPSA) is 0 Å². The van der Waals surface area contributed by atoms with Crippen molar-refractivity contribution in [1.82, 2.24) is 0 Å². The Balaban J connectivity index is 0. The predicted molar refractivity (Wildman–Crippen MR) is 58.4 cm³/mol. The molecule has 1 unspecified atom stereocenters. The molecule has 1 atom stereocenters. The third kappa shape index (κ3) is 1.93. The molecule has 0 nitrogen and oxygen atoms in total. The van der Waals surface area contributed by atoms with Crippen molar-refractivity contribution in [1.29, 1.82) is 0 Å². The van der Waals surface area contributed by atoms with E-state index in [0.29, 0.717) is 5.92 Å². The van der Waals surface area contributed by atoms with E-state index in [0.717, 1.165) is 6.42 Å². The molecule has 73 valence electrons. The molecule has 1 radical (unpaired) electrons. The van der Waals surface area contributed by atoms with E-state index in [1.165, 1.54) is 22.3 Å². The van der Waals surface area contributed by atoms with Crippen LogP contribution in [-0.4, -0.2) is 0 Å². The van der Waals surface area contributed by atoms with Crippen molar-refractivity contribution < 1.29 is 29.1 Å². The van der Waals surface area contributed by atoms with E-state index in [1.54, 1.807) is 0 Å². The van der Waals surface area contributed by atoms with Crippen LogP contribution in [0.2, 0.25) is 0 Å². The van der Waals surface area contributed by atoms with Gasteiger partial charge in [-0.25, -0.2) is 0 Å². The van der Waals surface area contributed by atoms with Crippen LogP contribution in [-0.2, 0) is 26.2 Å². The molecule has 0 N–H and O–H groups in total. The normalized spacial score (nSPS) is 24.9. The first kappa shape index (κ1) is 11.9. The van der Waals surface area contributed by atoms with Gasteiger partial charge in [0.25, 0.3) is 0 Å². The van der Waals surface area contributed by atoms with Gasteiger partial charge in [-0.3, -0.25) is 0 Å². The third-order valence-electron chi connectivity index (χ3n) is 3.07. The van der Waals surface area contributed by atoms with Crippen molar-refractivity contribution in [3.63, 3.8) is 0 Å². The van der Waals surface area contributed by atoms with Gasteiger partial charge in [0.15, 0.2) is 0 Å². The molecule has 0 aromatic rings. The molecule has 0 saturated carbocycles. The molecule has 0 aromatic heterocycles. The number of hydrogen-bond donors (Lipinski definition) is 0. The van der Waals surface area contributed by atoms with Gasteiger partial charge in [-0.05, 0) is 0 Å². The Morgan fingerprint density at radius 3 is 2.57 bits per heavy atom. The number of rotatable bonds is 1. The van der Waals surface area contributed by atoms with Crippen molar-refractivity contribution >= 4 is 0 Å². The Bertz CT molecular complexity index is 362. The van der Waals surface area contributed by atoms with Gasteiger partial charge in [-0.2, -0.15) is 17.2 Å². The summed E-state index contributed by atoms with van der Waals surface area (Å²) in [5, 5.41) is 0. The van der Waals surface area contributed by atoms with E-state index >= 15 is 0 Å². The largest absolute Gasteiger partial charge is 3.00 e. The standard InChI is InChI=1S/C13H15.Zr.2H/c1-9-8-13(11(3)10(9)2)12-6-4-5-7-12;;;/h4-6,9H,7H2,1-3H3;;;/q-1;+3;2*-1. The average Bonchev–Trinajstić information content (AvgIpc) is 2.70. The predicted octanol–water partition coefficient (Wildman–Crippen LogP) is 3.81. The van der Waals surface area contributed by atoms with Crippen LogP contribution in [0.1, 0.15) is 30.0 Å². The number of allylic oxidation sites excluding steroid dienone is 8. The second-order valence-corrected chi connectivity index (χ2v) is 3.87. The average molecular weight is 265 g/mol. The fourth-order valence-electron chi connectivity index (χ4n) is 1.92. The summed E-state index contributed by atoms with van der Waals surface area (Å²) in [5.41, 5.74) is 5.70. The molecular formula is C13H17Zr. The molecule has 2 rings (SSSR count). The zero-order chi connectivity index (χ0) is 9.42. The fraction of sp³-hybridized carbons (Fsp3) is 0.385. The zero-order valence-electron chi connectivity index (χ0n) is 11.0. The minimum Gasteiger partial charge on any atom is -1.00 e. The first-order valence-electron chi connectivity index (χ1n) is 4.87. The zero-order valence-corrected chi connectivity index (χ0v) is 11.5. The van der Waals surface area contributed by atoms with Gasteiger partial charge in [0.05, 0.1) is 0 Å². The van der Waals surface area contributed by atoms with Crippen LogP contribution >= 0.6 is 0 Å². The summed E-state index contributed by atoms with van der Waals surface area (Å²) >= 11 is 0. The SMILES string of the molecule is CC1=C(C)C(C)[C-]=C1C1=CC=CC1.[H-].[H-].[Zr+3]. The van der Waals surface area contributed by atoms with Crippen molar-refractivity contribution in [3.8, 4) is 0 Å². The molecule has 0 aliphatic heterocycles. The van der Waals surface area contributed by atoms with E-state index in [9.17, 15) is 0 Å². The van der Waals surface area contributed by atoms with Gasteiger partial charge in [-0.15, -0.1) is 17.2 Å². The van der Waals surface area contributed by atoms with Gasteiger partial charge in [-0.1, -0.05) is 45.3 Å². The first-order chi connectivity index (χ1) is 6.20. The quantitative estimate of drug-likeness (QED) is 0.632. The van der Waals surface area contributed by atoms with E-state index in [2.05, 4.69) is 45.1 Å². The molecule has 0 spiro atoms. The van der Waals surface area contributed by atoms with Crippen LogP contribution in [0.3, 0.4) is 0 Å². The molecule has 0 bridgehead atoms. The summed E-state index contributed by atoms with van der Waals surface area (Å²) in [6.07, 6.45) is 11.2. The molecule has 14 heavy (non-hydrogen) atoms. The first-order valence-corrected chi connectivity index (χ1v) is 4.87. The Labute approximate surface area is 109 Å². The molecular weight excluding hydrogens is 247 g/mol. The van der Waals surface area contributed by atoms with Crippen LogP contribution in [0.4, 0.5) is 0 Å². The van der Waals surface area contributed by atoms with E-state index in [-0.39, 0.29) is 29.1 Å². The molecule has 0 amide bonds. The van der Waals surface area contributed by atoms with Gasteiger partial charge in [0.2, 0.25) is 0 Å². The monoisotopic (exact) mass is 263 g/mol. The smallest absolute Gasteiger partial charge is 1.00 e. The van der Waals surface area contributed by atoms with Crippen LogP contribution < -0.4 is 0 Å². The summed E-state index contributed by atoms with van der Waals surface area (Å²) in [4.78, 5) is 0. The Hall–Kier alpha value is -0.157. The maximum Gasteiger partial charge on any atom is 3.00 e. The Morgan fingerprint density at radius 1 is 1.43 bits per heavy atom. The molecule has 0 saturated heterocycles. The molecule has 0 fully saturated rings.